The maximum Gasteiger partial charge on any atom is 0.290 e. The summed E-state index contributed by atoms with van der Waals surface area (Å²) in [6.07, 6.45) is 1.13. The topological polar surface area (TPSA) is 81.2 Å². The molecule has 0 bridgehead atoms. The molecule has 128 valence electrons. The lowest BCUT2D eigenvalue weighted by molar-refractivity contribution is -0.134. The van der Waals surface area contributed by atoms with E-state index in [1.807, 2.05) is 22.4 Å². The molecule has 1 amide bonds. The molecule has 0 saturated carbocycles. The number of likely N-dealkylation sites (tertiary alicyclic amines) is 1. The average Bonchev–Trinajstić information content (AvgIpc) is 3.05. The zero-order valence-electron chi connectivity index (χ0n) is 13.9. The van der Waals surface area contributed by atoms with E-state index in [1.54, 1.807) is 6.07 Å². The first-order valence-corrected chi connectivity index (χ1v) is 9.01. The van der Waals surface area contributed by atoms with Crippen molar-refractivity contribution in [2.24, 2.45) is 11.8 Å². The van der Waals surface area contributed by atoms with E-state index < -0.39 is 5.56 Å². The minimum atomic E-state index is -0.415. The predicted octanol–water partition coefficient (Wildman–Crippen LogP) is 2.06. The highest BCUT2D eigenvalue weighted by molar-refractivity contribution is 7.13. The van der Waals surface area contributed by atoms with Gasteiger partial charge in [-0.15, -0.1) is 11.3 Å². The zero-order valence-corrected chi connectivity index (χ0v) is 14.8. The quantitative estimate of drug-likeness (QED) is 0.922. The van der Waals surface area contributed by atoms with Crippen LogP contribution in [-0.4, -0.2) is 33.7 Å². The van der Waals surface area contributed by atoms with Gasteiger partial charge in [0.15, 0.2) is 0 Å². The molecule has 2 N–H and O–H groups in total. The Labute approximate surface area is 144 Å². The first-order valence-electron chi connectivity index (χ1n) is 8.13. The third-order valence-corrected chi connectivity index (χ3v) is 5.17. The van der Waals surface area contributed by atoms with Crippen molar-refractivity contribution in [3.63, 3.8) is 0 Å². The molecular formula is C17H22N4O2S. The van der Waals surface area contributed by atoms with E-state index in [9.17, 15) is 9.59 Å². The normalized spacial score (nSPS) is 21.0. The Bertz CT molecular complexity index is 774. The molecule has 2 aromatic rings. The number of thiophene rings is 1. The number of hydrogen-bond donors (Lipinski definition) is 1. The molecule has 1 fully saturated rings. The van der Waals surface area contributed by atoms with Gasteiger partial charge < -0.3 is 10.6 Å². The standard InChI is InChI=1S/C17H22N4O2S/c1-11-6-12(2)9-20(8-11)16(22)10-21-17(23)13(18)7-14(19-21)15-4-3-5-24-15/h3-5,7,11-12H,6,8-10,18H2,1-2H3. The van der Waals surface area contributed by atoms with E-state index in [0.29, 0.717) is 17.5 Å². The van der Waals surface area contributed by atoms with E-state index >= 15 is 0 Å². The van der Waals surface area contributed by atoms with Crippen molar-refractivity contribution < 1.29 is 4.79 Å². The van der Waals surface area contributed by atoms with Gasteiger partial charge in [0.05, 0.1) is 4.88 Å². The highest BCUT2D eigenvalue weighted by atomic mass is 32.1. The third kappa shape index (κ3) is 3.51. The van der Waals surface area contributed by atoms with Gasteiger partial charge in [-0.05, 0) is 35.8 Å². The fourth-order valence-corrected chi connectivity index (χ4v) is 3.99. The van der Waals surface area contributed by atoms with Crippen LogP contribution in [0.15, 0.2) is 28.4 Å². The number of nitrogens with two attached hydrogens (primary N) is 1. The largest absolute Gasteiger partial charge is 0.394 e. The molecule has 0 spiro atoms. The summed E-state index contributed by atoms with van der Waals surface area (Å²) in [6.45, 7) is 5.70. The number of hydrogen-bond acceptors (Lipinski definition) is 5. The van der Waals surface area contributed by atoms with E-state index in [-0.39, 0.29) is 18.1 Å². The lowest BCUT2D eigenvalue weighted by atomic mass is 9.92. The minimum absolute atomic E-state index is 0.0678. The molecule has 0 radical (unpaired) electrons. The Morgan fingerprint density at radius 2 is 2.08 bits per heavy atom. The summed E-state index contributed by atoms with van der Waals surface area (Å²) >= 11 is 1.52. The van der Waals surface area contributed by atoms with E-state index in [1.165, 1.54) is 16.0 Å². The molecule has 7 heteroatoms. The minimum Gasteiger partial charge on any atom is -0.394 e. The summed E-state index contributed by atoms with van der Waals surface area (Å²) in [7, 11) is 0. The highest BCUT2D eigenvalue weighted by Crippen LogP contribution is 2.23. The van der Waals surface area contributed by atoms with Crippen LogP contribution in [0.4, 0.5) is 5.69 Å². The van der Waals surface area contributed by atoms with Crippen molar-refractivity contribution in [2.75, 3.05) is 18.8 Å². The van der Waals surface area contributed by atoms with Crippen molar-refractivity contribution in [1.29, 1.82) is 0 Å². The van der Waals surface area contributed by atoms with Crippen LogP contribution in [0.25, 0.3) is 10.6 Å². The van der Waals surface area contributed by atoms with Crippen LogP contribution in [0.2, 0.25) is 0 Å². The Balaban J connectivity index is 1.84. The average molecular weight is 346 g/mol. The van der Waals surface area contributed by atoms with Gasteiger partial charge in [0.1, 0.15) is 17.9 Å². The number of piperidine rings is 1. The Morgan fingerprint density at radius 1 is 1.38 bits per heavy atom. The SMILES string of the molecule is CC1CC(C)CN(C(=O)Cn2nc(-c3cccs3)cc(N)c2=O)C1. The number of nitrogen functional groups attached to an aromatic ring is 1. The molecule has 2 unspecified atom stereocenters. The summed E-state index contributed by atoms with van der Waals surface area (Å²) in [5, 5.41) is 6.27. The number of anilines is 1. The second kappa shape index (κ2) is 6.76. The highest BCUT2D eigenvalue weighted by Gasteiger charge is 2.26. The smallest absolute Gasteiger partial charge is 0.290 e. The second-order valence-corrected chi connectivity index (χ2v) is 7.62. The van der Waals surface area contributed by atoms with Crippen molar-refractivity contribution >= 4 is 22.9 Å². The predicted molar refractivity (Wildman–Crippen MR) is 95.7 cm³/mol. The van der Waals surface area contributed by atoms with Crippen molar-refractivity contribution in [3.05, 3.63) is 33.9 Å². The van der Waals surface area contributed by atoms with Crippen LogP contribution in [0, 0.1) is 11.8 Å². The number of carbonyl (C=O) groups excluding carboxylic acids is 1. The monoisotopic (exact) mass is 346 g/mol. The van der Waals surface area contributed by atoms with Crippen LogP contribution in [-0.2, 0) is 11.3 Å². The number of rotatable bonds is 3. The van der Waals surface area contributed by atoms with Gasteiger partial charge in [-0.25, -0.2) is 4.68 Å². The number of nitrogens with zero attached hydrogens (tertiary/aromatic N) is 3. The molecule has 3 rings (SSSR count). The van der Waals surface area contributed by atoms with Crippen molar-refractivity contribution in [3.8, 4) is 10.6 Å². The van der Waals surface area contributed by atoms with Gasteiger partial charge >= 0.3 is 0 Å². The molecule has 1 aliphatic rings. The van der Waals surface area contributed by atoms with Gasteiger partial charge in [-0.2, -0.15) is 5.10 Å². The Morgan fingerprint density at radius 3 is 2.71 bits per heavy atom. The molecule has 1 saturated heterocycles. The van der Waals surface area contributed by atoms with Crippen LogP contribution >= 0.6 is 11.3 Å². The van der Waals surface area contributed by atoms with Crippen LogP contribution in [0.5, 0.6) is 0 Å². The summed E-state index contributed by atoms with van der Waals surface area (Å²) in [5.41, 5.74) is 6.15. The van der Waals surface area contributed by atoms with Gasteiger partial charge in [-0.3, -0.25) is 9.59 Å². The molecule has 3 heterocycles. The lowest BCUT2D eigenvalue weighted by Gasteiger charge is -2.35. The maximum absolute atomic E-state index is 12.6. The third-order valence-electron chi connectivity index (χ3n) is 4.28. The maximum atomic E-state index is 12.6. The molecule has 1 aliphatic heterocycles. The van der Waals surface area contributed by atoms with Crippen LogP contribution in [0.1, 0.15) is 20.3 Å². The fraction of sp³-hybridized carbons (Fsp3) is 0.471. The molecule has 0 aromatic carbocycles. The van der Waals surface area contributed by atoms with Gasteiger partial charge in [0, 0.05) is 13.1 Å². The van der Waals surface area contributed by atoms with E-state index in [4.69, 9.17) is 5.73 Å². The van der Waals surface area contributed by atoms with Gasteiger partial charge in [0.2, 0.25) is 5.91 Å². The summed E-state index contributed by atoms with van der Waals surface area (Å²) in [6, 6.07) is 5.40. The van der Waals surface area contributed by atoms with Crippen molar-refractivity contribution in [2.45, 2.75) is 26.8 Å². The number of aromatic nitrogens is 2. The second-order valence-electron chi connectivity index (χ2n) is 6.67. The summed E-state index contributed by atoms with van der Waals surface area (Å²) < 4.78 is 1.19. The molecule has 6 nitrogen and oxygen atoms in total. The molecule has 2 aromatic heterocycles. The molecular weight excluding hydrogens is 324 g/mol. The number of amides is 1. The molecule has 0 aliphatic carbocycles. The summed E-state index contributed by atoms with van der Waals surface area (Å²) in [4.78, 5) is 27.6. The van der Waals surface area contributed by atoms with E-state index in [0.717, 1.165) is 24.4 Å². The van der Waals surface area contributed by atoms with Gasteiger partial charge in [-0.1, -0.05) is 19.9 Å². The van der Waals surface area contributed by atoms with Crippen molar-refractivity contribution in [1.82, 2.24) is 14.7 Å². The van der Waals surface area contributed by atoms with E-state index in [2.05, 4.69) is 18.9 Å². The number of carbonyl (C=O) groups is 1. The fourth-order valence-electron chi connectivity index (χ4n) is 3.31. The zero-order chi connectivity index (χ0) is 17.3. The molecule has 2 atom stereocenters. The Kier molecular flexibility index (Phi) is 4.71. The van der Waals surface area contributed by atoms with Crippen LogP contribution < -0.4 is 11.3 Å². The lowest BCUT2D eigenvalue weighted by Crippen LogP contribution is -2.45. The first kappa shape index (κ1) is 16.7. The van der Waals surface area contributed by atoms with Gasteiger partial charge in [0.25, 0.3) is 5.56 Å². The molecule has 24 heavy (non-hydrogen) atoms. The van der Waals surface area contributed by atoms with Crippen LogP contribution in [0.3, 0.4) is 0 Å². The first-order chi connectivity index (χ1) is 11.4. The Hall–Kier alpha value is -2.15. The summed E-state index contributed by atoms with van der Waals surface area (Å²) in [5.74, 6) is 0.875.